The standard InChI is InChI=1S/C23H27N3O5S/c1-2-5-17-6-8-18(9-7-17)24-22(27)12-15-26-20-11-10-19(16-21(20)31-23(26)28)32(29,30)25-13-3-4-14-25/h6-11,16H,2-5,12-15H2,1H3,(H,24,27). The van der Waals surface area contributed by atoms with Crippen molar-refractivity contribution in [3.05, 3.63) is 58.6 Å². The molecule has 32 heavy (non-hydrogen) atoms. The van der Waals surface area contributed by atoms with Crippen LogP contribution in [0.25, 0.3) is 11.1 Å². The van der Waals surface area contributed by atoms with Crippen molar-refractivity contribution in [2.45, 2.75) is 50.5 Å². The number of sulfonamides is 1. The molecule has 8 nitrogen and oxygen atoms in total. The molecule has 4 rings (SSSR count). The van der Waals surface area contributed by atoms with E-state index < -0.39 is 15.8 Å². The van der Waals surface area contributed by atoms with Crippen LogP contribution < -0.4 is 11.1 Å². The Kier molecular flexibility index (Phi) is 6.48. The molecule has 2 aromatic carbocycles. The summed E-state index contributed by atoms with van der Waals surface area (Å²) in [5, 5.41) is 2.83. The predicted octanol–water partition coefficient (Wildman–Crippen LogP) is 3.36. The van der Waals surface area contributed by atoms with Gasteiger partial charge in [-0.05, 0) is 49.1 Å². The molecule has 1 aromatic heterocycles. The molecule has 3 aromatic rings. The Balaban J connectivity index is 1.45. The number of aryl methyl sites for hydroxylation is 2. The molecule has 170 valence electrons. The minimum absolute atomic E-state index is 0.0824. The number of hydrogen-bond acceptors (Lipinski definition) is 5. The summed E-state index contributed by atoms with van der Waals surface area (Å²) in [5.41, 5.74) is 2.58. The van der Waals surface area contributed by atoms with Gasteiger partial charge in [-0.2, -0.15) is 4.31 Å². The number of anilines is 1. The first-order valence-corrected chi connectivity index (χ1v) is 12.3. The fourth-order valence-electron chi connectivity index (χ4n) is 3.98. The average molecular weight is 458 g/mol. The minimum Gasteiger partial charge on any atom is -0.408 e. The van der Waals surface area contributed by atoms with Crippen LogP contribution in [0.2, 0.25) is 0 Å². The number of nitrogens with zero attached hydrogens (tertiary/aromatic N) is 2. The van der Waals surface area contributed by atoms with E-state index in [0.717, 1.165) is 25.7 Å². The number of rotatable bonds is 8. The Labute approximate surface area is 186 Å². The van der Waals surface area contributed by atoms with E-state index in [1.165, 1.54) is 26.6 Å². The fourth-order valence-corrected chi connectivity index (χ4v) is 5.51. The molecule has 1 fully saturated rings. The fraction of sp³-hybridized carbons (Fsp3) is 0.391. The van der Waals surface area contributed by atoms with Gasteiger partial charge < -0.3 is 9.73 Å². The average Bonchev–Trinajstić information content (AvgIpc) is 3.41. The Morgan fingerprint density at radius 3 is 2.50 bits per heavy atom. The molecule has 1 aliphatic rings. The van der Waals surface area contributed by atoms with Crippen LogP contribution in [-0.2, 0) is 27.8 Å². The third-order valence-corrected chi connectivity index (χ3v) is 7.58. The second-order valence-corrected chi connectivity index (χ2v) is 9.94. The highest BCUT2D eigenvalue weighted by Crippen LogP contribution is 2.24. The van der Waals surface area contributed by atoms with Crippen molar-refractivity contribution >= 4 is 32.7 Å². The zero-order valence-electron chi connectivity index (χ0n) is 18.0. The van der Waals surface area contributed by atoms with Crippen molar-refractivity contribution in [2.75, 3.05) is 18.4 Å². The van der Waals surface area contributed by atoms with E-state index in [0.29, 0.717) is 24.3 Å². The molecule has 2 heterocycles. The van der Waals surface area contributed by atoms with Crippen LogP contribution >= 0.6 is 0 Å². The van der Waals surface area contributed by atoms with Crippen LogP contribution in [0.4, 0.5) is 5.69 Å². The van der Waals surface area contributed by atoms with Crippen LogP contribution in [0.1, 0.15) is 38.2 Å². The van der Waals surface area contributed by atoms with Gasteiger partial charge in [-0.25, -0.2) is 13.2 Å². The maximum Gasteiger partial charge on any atom is 0.419 e. The SMILES string of the molecule is CCCc1ccc(NC(=O)CCn2c(=O)oc3cc(S(=O)(=O)N4CCCC4)ccc32)cc1. The lowest BCUT2D eigenvalue weighted by atomic mass is 10.1. The van der Waals surface area contributed by atoms with Crippen molar-refractivity contribution < 1.29 is 17.6 Å². The second kappa shape index (κ2) is 9.30. The van der Waals surface area contributed by atoms with Crippen molar-refractivity contribution in [3.63, 3.8) is 0 Å². The van der Waals surface area contributed by atoms with Gasteiger partial charge in [-0.1, -0.05) is 25.5 Å². The van der Waals surface area contributed by atoms with Crippen LogP contribution in [0.3, 0.4) is 0 Å². The maximum absolute atomic E-state index is 12.8. The van der Waals surface area contributed by atoms with Crippen molar-refractivity contribution in [1.29, 1.82) is 0 Å². The highest BCUT2D eigenvalue weighted by molar-refractivity contribution is 7.89. The minimum atomic E-state index is -3.60. The molecule has 0 unspecified atom stereocenters. The monoisotopic (exact) mass is 457 g/mol. The number of carbonyl (C=O) groups is 1. The summed E-state index contributed by atoms with van der Waals surface area (Å²) in [7, 11) is -3.60. The molecule has 0 spiro atoms. The molecule has 1 N–H and O–H groups in total. The molecular weight excluding hydrogens is 430 g/mol. The molecule has 1 saturated heterocycles. The molecule has 0 bridgehead atoms. The summed E-state index contributed by atoms with van der Waals surface area (Å²) in [6.45, 7) is 3.25. The second-order valence-electron chi connectivity index (χ2n) is 8.01. The number of oxazole rings is 1. The van der Waals surface area contributed by atoms with Crippen molar-refractivity contribution in [3.8, 4) is 0 Å². The van der Waals surface area contributed by atoms with Gasteiger partial charge >= 0.3 is 5.76 Å². The van der Waals surface area contributed by atoms with Crippen LogP contribution in [0.5, 0.6) is 0 Å². The summed E-state index contributed by atoms with van der Waals surface area (Å²) in [5.74, 6) is -0.838. The van der Waals surface area contributed by atoms with E-state index in [1.54, 1.807) is 6.07 Å². The number of fused-ring (bicyclic) bond motifs is 1. The van der Waals surface area contributed by atoms with E-state index in [1.807, 2.05) is 24.3 Å². The van der Waals surface area contributed by atoms with Crippen molar-refractivity contribution in [2.24, 2.45) is 0 Å². The van der Waals surface area contributed by atoms with Gasteiger partial charge in [0.25, 0.3) is 0 Å². The predicted molar refractivity (Wildman–Crippen MR) is 122 cm³/mol. The lowest BCUT2D eigenvalue weighted by Gasteiger charge is -2.15. The van der Waals surface area contributed by atoms with E-state index in [4.69, 9.17) is 4.42 Å². The van der Waals surface area contributed by atoms with Gasteiger partial charge in [0.15, 0.2) is 5.58 Å². The van der Waals surface area contributed by atoms with Gasteiger partial charge in [-0.3, -0.25) is 9.36 Å². The highest BCUT2D eigenvalue weighted by Gasteiger charge is 2.28. The van der Waals surface area contributed by atoms with Gasteiger partial charge in [0.2, 0.25) is 15.9 Å². The zero-order valence-corrected chi connectivity index (χ0v) is 18.9. The lowest BCUT2D eigenvalue weighted by molar-refractivity contribution is -0.116. The number of carbonyl (C=O) groups excluding carboxylic acids is 1. The third-order valence-electron chi connectivity index (χ3n) is 5.68. The van der Waals surface area contributed by atoms with Gasteiger partial charge in [0.1, 0.15) is 0 Å². The molecule has 1 aliphatic heterocycles. The van der Waals surface area contributed by atoms with Crippen LogP contribution in [0.15, 0.2) is 56.6 Å². The maximum atomic E-state index is 12.8. The lowest BCUT2D eigenvalue weighted by Crippen LogP contribution is -2.27. The Morgan fingerprint density at radius 2 is 1.81 bits per heavy atom. The highest BCUT2D eigenvalue weighted by atomic mass is 32.2. The van der Waals surface area contributed by atoms with E-state index in [-0.39, 0.29) is 29.4 Å². The summed E-state index contributed by atoms with van der Waals surface area (Å²) in [6, 6.07) is 12.1. The number of nitrogens with one attached hydrogen (secondary N) is 1. The summed E-state index contributed by atoms with van der Waals surface area (Å²) < 4.78 is 33.6. The van der Waals surface area contributed by atoms with E-state index >= 15 is 0 Å². The number of amides is 1. The normalized spacial score (nSPS) is 14.8. The quantitative estimate of drug-likeness (QED) is 0.559. The first-order valence-electron chi connectivity index (χ1n) is 10.9. The molecule has 0 atom stereocenters. The molecule has 0 radical (unpaired) electrons. The third kappa shape index (κ3) is 4.63. The summed E-state index contributed by atoms with van der Waals surface area (Å²) in [6.07, 6.45) is 3.82. The Hall–Kier alpha value is -2.91. The van der Waals surface area contributed by atoms with Gasteiger partial charge in [0, 0.05) is 37.8 Å². The van der Waals surface area contributed by atoms with E-state index in [9.17, 15) is 18.0 Å². The smallest absolute Gasteiger partial charge is 0.408 e. The molecule has 0 aliphatic carbocycles. The molecule has 1 amide bonds. The van der Waals surface area contributed by atoms with Crippen LogP contribution in [-0.4, -0.2) is 36.3 Å². The topological polar surface area (TPSA) is 102 Å². The summed E-state index contributed by atoms with van der Waals surface area (Å²) in [4.78, 5) is 24.8. The number of hydrogen-bond donors (Lipinski definition) is 1. The first-order chi connectivity index (χ1) is 15.4. The molecule has 9 heteroatoms. The zero-order chi connectivity index (χ0) is 22.7. The van der Waals surface area contributed by atoms with E-state index in [2.05, 4.69) is 12.2 Å². The number of aromatic nitrogens is 1. The molecular formula is C23H27N3O5S. The van der Waals surface area contributed by atoms with Crippen LogP contribution in [0, 0.1) is 0 Å². The summed E-state index contributed by atoms with van der Waals surface area (Å²) >= 11 is 0. The van der Waals surface area contributed by atoms with Gasteiger partial charge in [0.05, 0.1) is 10.4 Å². The Morgan fingerprint density at radius 1 is 1.09 bits per heavy atom. The number of benzene rings is 2. The first kappa shape index (κ1) is 22.3. The van der Waals surface area contributed by atoms with Gasteiger partial charge in [-0.15, -0.1) is 0 Å². The molecule has 0 saturated carbocycles. The largest absolute Gasteiger partial charge is 0.419 e. The Bertz CT molecular complexity index is 1270. The van der Waals surface area contributed by atoms with Crippen molar-refractivity contribution in [1.82, 2.24) is 8.87 Å².